The van der Waals surface area contributed by atoms with Crippen molar-refractivity contribution in [2.24, 2.45) is 0 Å². The fourth-order valence-corrected chi connectivity index (χ4v) is 4.57. The van der Waals surface area contributed by atoms with Crippen molar-refractivity contribution >= 4 is 11.9 Å². The minimum atomic E-state index is -5.13. The van der Waals surface area contributed by atoms with Gasteiger partial charge in [0.15, 0.2) is 0 Å². The monoisotopic (exact) mass is 581 g/mol. The fraction of sp³-hybridized carbons (Fsp3) is 0.419. The Bertz CT molecular complexity index is 1290. The number of aliphatic hydroxyl groups excluding tert-OH is 1. The van der Waals surface area contributed by atoms with E-state index in [9.17, 15) is 32.3 Å². The average Bonchev–Trinajstić information content (AvgIpc) is 2.85. The van der Waals surface area contributed by atoms with Gasteiger partial charge in [-0.1, -0.05) is 17.7 Å². The van der Waals surface area contributed by atoms with Crippen LogP contribution in [0.4, 0.5) is 22.0 Å². The van der Waals surface area contributed by atoms with Gasteiger partial charge in [0, 0.05) is 12.0 Å². The number of ether oxygens (including phenoxy) is 1. The van der Waals surface area contributed by atoms with Gasteiger partial charge in [0.05, 0.1) is 24.6 Å². The molecule has 0 saturated heterocycles. The lowest BCUT2D eigenvalue weighted by Gasteiger charge is -2.24. The van der Waals surface area contributed by atoms with Crippen LogP contribution in [0.3, 0.4) is 0 Å². The van der Waals surface area contributed by atoms with Gasteiger partial charge in [0.1, 0.15) is 17.7 Å². The molecule has 224 valence electrons. The molecule has 10 heteroatoms. The molecular weight excluding hydrogens is 545 g/mol. The number of hydrogen-bond donors (Lipinski definition) is 2. The van der Waals surface area contributed by atoms with Gasteiger partial charge in [-0.15, -0.1) is 6.58 Å². The zero-order chi connectivity index (χ0) is 30.9. The molecule has 2 N–H and O–H groups in total. The molecule has 0 aliphatic carbocycles. The fourth-order valence-electron chi connectivity index (χ4n) is 4.57. The molecule has 2 aromatic rings. The van der Waals surface area contributed by atoms with E-state index in [0.29, 0.717) is 47.6 Å². The first-order valence-corrected chi connectivity index (χ1v) is 13.3. The predicted octanol–water partition coefficient (Wildman–Crippen LogP) is 7.30. The Morgan fingerprint density at radius 2 is 1.83 bits per heavy atom. The molecule has 0 saturated carbocycles. The Hall–Kier alpha value is -3.53. The smallest absolute Gasteiger partial charge is 0.419 e. The molecule has 41 heavy (non-hydrogen) atoms. The highest BCUT2D eigenvalue weighted by Crippen LogP contribution is 2.40. The number of rotatable bonds is 13. The Labute approximate surface area is 237 Å². The number of aryl methyl sites for hydroxylation is 2. The summed E-state index contributed by atoms with van der Waals surface area (Å²) < 4.78 is 77.3. The highest BCUT2D eigenvalue weighted by Gasteiger charge is 2.38. The van der Waals surface area contributed by atoms with E-state index in [1.54, 1.807) is 6.92 Å². The number of halogens is 5. The van der Waals surface area contributed by atoms with Crippen molar-refractivity contribution in [1.29, 1.82) is 0 Å². The predicted molar refractivity (Wildman–Crippen MR) is 147 cm³/mol. The Morgan fingerprint density at radius 3 is 2.41 bits per heavy atom. The molecule has 0 aromatic heterocycles. The average molecular weight is 582 g/mol. The zero-order valence-corrected chi connectivity index (χ0v) is 23.6. The Morgan fingerprint density at radius 1 is 1.15 bits per heavy atom. The summed E-state index contributed by atoms with van der Waals surface area (Å²) in [7, 11) is 0. The molecule has 2 rings (SSSR count). The lowest BCUT2D eigenvalue weighted by atomic mass is 9.88. The summed E-state index contributed by atoms with van der Waals surface area (Å²) in [6.07, 6.45) is -2.27. The van der Waals surface area contributed by atoms with Crippen LogP contribution >= 0.6 is 0 Å². The van der Waals surface area contributed by atoms with Crippen LogP contribution in [0.2, 0.25) is 0 Å². The third-order valence-corrected chi connectivity index (χ3v) is 6.34. The SMILES string of the molecule is C=C(C)C[C@@H](O)C(=O)N[C@@H](CC(=O)OCC)c1cc(-c2c(C)cc(F)cc2CCCC=CC)cc(C(F)(F)F)c1F. The minimum absolute atomic E-state index is 0.0561. The molecule has 0 heterocycles. The maximum absolute atomic E-state index is 15.6. The lowest BCUT2D eigenvalue weighted by molar-refractivity contribution is -0.144. The van der Waals surface area contributed by atoms with E-state index in [-0.39, 0.29) is 18.6 Å². The van der Waals surface area contributed by atoms with Crippen molar-refractivity contribution in [3.8, 4) is 11.1 Å². The number of nitrogens with one attached hydrogen (secondary N) is 1. The number of alkyl halides is 3. The van der Waals surface area contributed by atoms with Crippen molar-refractivity contribution in [1.82, 2.24) is 5.32 Å². The van der Waals surface area contributed by atoms with Crippen LogP contribution in [0, 0.1) is 18.6 Å². The number of unbranched alkanes of at least 4 members (excludes halogenated alkanes) is 1. The summed E-state index contributed by atoms with van der Waals surface area (Å²) in [6.45, 7) is 10.0. The Kier molecular flexibility index (Phi) is 12.2. The number of hydrogen-bond acceptors (Lipinski definition) is 4. The molecule has 0 spiro atoms. The van der Waals surface area contributed by atoms with Gasteiger partial charge in [0.25, 0.3) is 0 Å². The molecule has 0 radical (unpaired) electrons. The Balaban J connectivity index is 2.77. The van der Waals surface area contributed by atoms with Crippen molar-refractivity contribution < 1.29 is 41.4 Å². The number of aliphatic hydroxyl groups is 1. The van der Waals surface area contributed by atoms with Gasteiger partial charge in [-0.25, -0.2) is 8.78 Å². The van der Waals surface area contributed by atoms with E-state index >= 15 is 4.39 Å². The summed E-state index contributed by atoms with van der Waals surface area (Å²) in [5.74, 6) is -4.17. The van der Waals surface area contributed by atoms with Gasteiger partial charge in [-0.05, 0) is 93.5 Å². The highest BCUT2D eigenvalue weighted by molar-refractivity contribution is 5.82. The van der Waals surface area contributed by atoms with Gasteiger partial charge in [-0.3, -0.25) is 9.59 Å². The first-order chi connectivity index (χ1) is 19.2. The second-order valence-corrected chi connectivity index (χ2v) is 9.89. The van der Waals surface area contributed by atoms with Gasteiger partial charge in [-0.2, -0.15) is 13.2 Å². The highest BCUT2D eigenvalue weighted by atomic mass is 19.4. The molecule has 2 aromatic carbocycles. The maximum atomic E-state index is 15.6. The van der Waals surface area contributed by atoms with E-state index in [4.69, 9.17) is 4.74 Å². The molecule has 0 fully saturated rings. The topological polar surface area (TPSA) is 75.6 Å². The van der Waals surface area contributed by atoms with Crippen LogP contribution in [0.1, 0.15) is 74.8 Å². The number of amides is 1. The molecule has 0 bridgehead atoms. The number of carbonyl (C=O) groups is 2. The molecular formula is C31H36F5NO4. The van der Waals surface area contributed by atoms with Crippen molar-refractivity contribution in [3.05, 3.63) is 82.5 Å². The maximum Gasteiger partial charge on any atom is 0.419 e. The van der Waals surface area contributed by atoms with Gasteiger partial charge >= 0.3 is 12.1 Å². The standard InChI is InChI=1S/C31H36F5NO4/c1-6-8-9-10-11-20-14-22(32)13-19(5)28(20)21-15-23(29(33)24(16-21)31(34,35)36)25(17-27(39)41-7-2)37-30(40)26(38)12-18(3)4/h6,8,13-16,25-26,38H,3,7,9-12,17H2,1-2,4-5H3,(H,37,40)/t25-,26+/m0/s1. The number of carbonyl (C=O) groups excluding carboxylic acids is 2. The number of allylic oxidation sites excluding steroid dienone is 2. The number of benzene rings is 2. The van der Waals surface area contributed by atoms with E-state index in [2.05, 4.69) is 11.9 Å². The van der Waals surface area contributed by atoms with Crippen LogP contribution in [0.15, 0.2) is 48.6 Å². The second kappa shape index (κ2) is 14.9. The van der Waals surface area contributed by atoms with Crippen LogP contribution in [-0.4, -0.2) is 29.7 Å². The normalized spacial score (nSPS) is 13.2. The second-order valence-electron chi connectivity index (χ2n) is 9.89. The molecule has 2 atom stereocenters. The molecule has 0 unspecified atom stereocenters. The van der Waals surface area contributed by atoms with Crippen molar-refractivity contribution in [2.45, 2.75) is 78.1 Å². The van der Waals surface area contributed by atoms with Crippen molar-refractivity contribution in [2.75, 3.05) is 6.61 Å². The van der Waals surface area contributed by atoms with Crippen molar-refractivity contribution in [3.63, 3.8) is 0 Å². The van der Waals surface area contributed by atoms with Crippen LogP contribution in [0.25, 0.3) is 11.1 Å². The summed E-state index contributed by atoms with van der Waals surface area (Å²) in [5.41, 5.74) is -0.780. The van der Waals surface area contributed by atoms with E-state index < -0.39 is 59.4 Å². The van der Waals surface area contributed by atoms with Gasteiger partial charge in [0.2, 0.25) is 5.91 Å². The summed E-state index contributed by atoms with van der Waals surface area (Å²) >= 11 is 0. The minimum Gasteiger partial charge on any atom is -0.466 e. The van der Waals surface area contributed by atoms with Crippen LogP contribution in [0.5, 0.6) is 0 Å². The molecule has 0 aliphatic rings. The third-order valence-electron chi connectivity index (χ3n) is 6.34. The molecule has 1 amide bonds. The summed E-state index contributed by atoms with van der Waals surface area (Å²) in [5, 5.41) is 12.5. The molecule has 5 nitrogen and oxygen atoms in total. The van der Waals surface area contributed by atoms with Gasteiger partial charge < -0.3 is 15.2 Å². The molecule has 0 aliphatic heterocycles. The lowest BCUT2D eigenvalue weighted by Crippen LogP contribution is -2.38. The van der Waals surface area contributed by atoms with Crippen LogP contribution < -0.4 is 5.32 Å². The summed E-state index contributed by atoms with van der Waals surface area (Å²) in [6, 6.07) is 2.57. The van der Waals surface area contributed by atoms with E-state index in [1.165, 1.54) is 26.0 Å². The third kappa shape index (κ3) is 9.52. The van der Waals surface area contributed by atoms with E-state index in [0.717, 1.165) is 6.07 Å². The zero-order valence-electron chi connectivity index (χ0n) is 23.6. The summed E-state index contributed by atoms with van der Waals surface area (Å²) in [4.78, 5) is 25.1. The first-order valence-electron chi connectivity index (χ1n) is 13.3. The van der Waals surface area contributed by atoms with Crippen LogP contribution in [-0.2, 0) is 26.9 Å². The van der Waals surface area contributed by atoms with E-state index in [1.807, 2.05) is 19.1 Å². The largest absolute Gasteiger partial charge is 0.466 e. The number of esters is 1. The first kappa shape index (κ1) is 33.7. The quantitative estimate of drug-likeness (QED) is 0.113.